The Bertz CT molecular complexity index is 686. The molecule has 1 aliphatic rings. The summed E-state index contributed by atoms with van der Waals surface area (Å²) in [7, 11) is 0. The highest BCUT2D eigenvalue weighted by Crippen LogP contribution is 2.33. The van der Waals surface area contributed by atoms with E-state index < -0.39 is 17.5 Å². The summed E-state index contributed by atoms with van der Waals surface area (Å²) < 4.78 is 31.4. The first-order valence-corrected chi connectivity index (χ1v) is 6.16. The second-order valence-electron chi connectivity index (χ2n) is 4.48. The van der Waals surface area contributed by atoms with Crippen molar-refractivity contribution >= 4 is 11.6 Å². The minimum atomic E-state index is -1.05. The lowest BCUT2D eigenvalue weighted by Crippen LogP contribution is -2.13. The standard InChI is InChI=1S/C15H11F2NO2/c16-11-5-4-10(8-12(11)17)15(19)18-13-3-1-2-9-6-7-20-14(9)13/h1-5,8H,6-7H2,(H,18,19). The molecule has 1 N–H and O–H groups in total. The van der Waals surface area contributed by atoms with Gasteiger partial charge in [-0.05, 0) is 29.8 Å². The monoisotopic (exact) mass is 275 g/mol. The number of para-hydroxylation sites is 1. The number of hydrogen-bond acceptors (Lipinski definition) is 2. The number of fused-ring (bicyclic) bond motifs is 1. The molecule has 1 amide bonds. The zero-order chi connectivity index (χ0) is 14.1. The van der Waals surface area contributed by atoms with Crippen LogP contribution in [0.2, 0.25) is 0 Å². The van der Waals surface area contributed by atoms with Gasteiger partial charge in [0.25, 0.3) is 5.91 Å². The Morgan fingerprint density at radius 3 is 2.80 bits per heavy atom. The van der Waals surface area contributed by atoms with Crippen molar-refractivity contribution in [2.75, 3.05) is 11.9 Å². The molecule has 102 valence electrons. The summed E-state index contributed by atoms with van der Waals surface area (Å²) in [4.78, 5) is 12.0. The van der Waals surface area contributed by atoms with Crippen LogP contribution in [0.3, 0.4) is 0 Å². The first-order chi connectivity index (χ1) is 9.65. The summed E-state index contributed by atoms with van der Waals surface area (Å²) in [6.07, 6.45) is 0.796. The van der Waals surface area contributed by atoms with Crippen LogP contribution in [0, 0.1) is 11.6 Å². The van der Waals surface area contributed by atoms with Gasteiger partial charge in [0.2, 0.25) is 0 Å². The summed E-state index contributed by atoms with van der Waals surface area (Å²) in [5.74, 6) is -1.89. The van der Waals surface area contributed by atoms with Gasteiger partial charge in [-0.25, -0.2) is 8.78 Å². The van der Waals surface area contributed by atoms with Crippen molar-refractivity contribution in [1.82, 2.24) is 0 Å². The molecule has 2 aromatic rings. The molecule has 0 radical (unpaired) electrons. The van der Waals surface area contributed by atoms with Crippen LogP contribution < -0.4 is 10.1 Å². The second-order valence-corrected chi connectivity index (χ2v) is 4.48. The third kappa shape index (κ3) is 2.22. The van der Waals surface area contributed by atoms with E-state index in [9.17, 15) is 13.6 Å². The van der Waals surface area contributed by atoms with E-state index in [-0.39, 0.29) is 5.56 Å². The predicted octanol–water partition coefficient (Wildman–Crippen LogP) is 3.15. The number of rotatable bonds is 2. The van der Waals surface area contributed by atoms with E-state index in [1.807, 2.05) is 12.1 Å². The molecule has 0 aromatic heterocycles. The summed E-state index contributed by atoms with van der Waals surface area (Å²) in [5.41, 5.74) is 1.61. The summed E-state index contributed by atoms with van der Waals surface area (Å²) in [6, 6.07) is 8.48. The number of nitrogens with one attached hydrogen (secondary N) is 1. The van der Waals surface area contributed by atoms with E-state index in [1.54, 1.807) is 6.07 Å². The molecule has 20 heavy (non-hydrogen) atoms. The normalized spacial score (nSPS) is 12.7. The Morgan fingerprint density at radius 1 is 1.15 bits per heavy atom. The lowest BCUT2D eigenvalue weighted by atomic mass is 10.1. The molecular weight excluding hydrogens is 264 g/mol. The van der Waals surface area contributed by atoms with Crippen LogP contribution in [0.1, 0.15) is 15.9 Å². The van der Waals surface area contributed by atoms with Crippen molar-refractivity contribution in [2.45, 2.75) is 6.42 Å². The minimum absolute atomic E-state index is 0.0551. The van der Waals surface area contributed by atoms with Crippen LogP contribution in [-0.2, 0) is 6.42 Å². The number of halogens is 2. The van der Waals surface area contributed by atoms with E-state index in [0.717, 1.165) is 24.1 Å². The first kappa shape index (κ1) is 12.6. The number of ether oxygens (including phenoxy) is 1. The van der Waals surface area contributed by atoms with Crippen LogP contribution >= 0.6 is 0 Å². The van der Waals surface area contributed by atoms with Gasteiger partial charge < -0.3 is 10.1 Å². The molecule has 0 saturated carbocycles. The van der Waals surface area contributed by atoms with Gasteiger partial charge in [-0.1, -0.05) is 12.1 Å². The molecule has 3 nitrogen and oxygen atoms in total. The maximum atomic E-state index is 13.1. The largest absolute Gasteiger partial charge is 0.491 e. The molecule has 3 rings (SSSR count). The van der Waals surface area contributed by atoms with Crippen molar-refractivity contribution in [2.24, 2.45) is 0 Å². The summed E-state index contributed by atoms with van der Waals surface area (Å²) >= 11 is 0. The number of benzene rings is 2. The molecule has 0 aliphatic carbocycles. The molecule has 0 unspecified atom stereocenters. The van der Waals surface area contributed by atoms with Crippen LogP contribution in [0.5, 0.6) is 5.75 Å². The van der Waals surface area contributed by atoms with E-state index in [1.165, 1.54) is 6.07 Å². The molecule has 5 heteroatoms. The highest BCUT2D eigenvalue weighted by Gasteiger charge is 2.18. The number of anilines is 1. The average molecular weight is 275 g/mol. The van der Waals surface area contributed by atoms with E-state index in [0.29, 0.717) is 18.0 Å². The zero-order valence-electron chi connectivity index (χ0n) is 10.5. The van der Waals surface area contributed by atoms with Crippen LogP contribution in [0.4, 0.5) is 14.5 Å². The van der Waals surface area contributed by atoms with Gasteiger partial charge in [-0.15, -0.1) is 0 Å². The number of carbonyl (C=O) groups excluding carboxylic acids is 1. The van der Waals surface area contributed by atoms with Gasteiger partial charge in [0, 0.05) is 12.0 Å². The maximum absolute atomic E-state index is 13.1. The van der Waals surface area contributed by atoms with Crippen molar-refractivity contribution in [3.8, 4) is 5.75 Å². The third-order valence-corrected chi connectivity index (χ3v) is 3.14. The van der Waals surface area contributed by atoms with E-state index in [4.69, 9.17) is 4.74 Å². The molecule has 0 saturated heterocycles. The Morgan fingerprint density at radius 2 is 2.00 bits per heavy atom. The Balaban J connectivity index is 1.86. The van der Waals surface area contributed by atoms with Gasteiger partial charge in [0.15, 0.2) is 11.6 Å². The van der Waals surface area contributed by atoms with E-state index in [2.05, 4.69) is 5.32 Å². The van der Waals surface area contributed by atoms with Gasteiger partial charge >= 0.3 is 0 Å². The van der Waals surface area contributed by atoms with Crippen molar-refractivity contribution in [3.63, 3.8) is 0 Å². The fraction of sp³-hybridized carbons (Fsp3) is 0.133. The Kier molecular flexibility index (Phi) is 3.10. The van der Waals surface area contributed by atoms with Crippen molar-refractivity contribution in [3.05, 3.63) is 59.2 Å². The van der Waals surface area contributed by atoms with Crippen molar-refractivity contribution in [1.29, 1.82) is 0 Å². The molecule has 0 spiro atoms. The quantitative estimate of drug-likeness (QED) is 0.914. The van der Waals surface area contributed by atoms with Crippen molar-refractivity contribution < 1.29 is 18.3 Å². The SMILES string of the molecule is O=C(Nc1cccc2c1OCC2)c1ccc(F)c(F)c1. The topological polar surface area (TPSA) is 38.3 Å². The Hall–Kier alpha value is -2.43. The summed E-state index contributed by atoms with van der Waals surface area (Å²) in [5, 5.41) is 2.65. The first-order valence-electron chi connectivity index (χ1n) is 6.16. The lowest BCUT2D eigenvalue weighted by Gasteiger charge is -2.09. The Labute approximate surface area is 114 Å². The second kappa shape index (κ2) is 4.92. The lowest BCUT2D eigenvalue weighted by molar-refractivity contribution is 0.102. The van der Waals surface area contributed by atoms with Crippen LogP contribution in [-0.4, -0.2) is 12.5 Å². The molecular formula is C15H11F2NO2. The average Bonchev–Trinajstić information content (AvgIpc) is 2.91. The molecule has 0 fully saturated rings. The highest BCUT2D eigenvalue weighted by molar-refractivity contribution is 6.05. The predicted molar refractivity (Wildman–Crippen MR) is 70.0 cm³/mol. The number of carbonyl (C=O) groups is 1. The number of hydrogen-bond donors (Lipinski definition) is 1. The van der Waals surface area contributed by atoms with Gasteiger partial charge in [0.1, 0.15) is 5.75 Å². The highest BCUT2D eigenvalue weighted by atomic mass is 19.2. The zero-order valence-corrected chi connectivity index (χ0v) is 10.5. The minimum Gasteiger partial charge on any atom is -0.491 e. The summed E-state index contributed by atoms with van der Waals surface area (Å²) in [6.45, 7) is 0.577. The third-order valence-electron chi connectivity index (χ3n) is 3.14. The smallest absolute Gasteiger partial charge is 0.255 e. The molecule has 1 aliphatic heterocycles. The molecule has 2 aromatic carbocycles. The van der Waals surface area contributed by atoms with Gasteiger partial charge in [0.05, 0.1) is 12.3 Å². The van der Waals surface area contributed by atoms with Gasteiger partial charge in [-0.2, -0.15) is 0 Å². The fourth-order valence-corrected chi connectivity index (χ4v) is 2.15. The van der Waals surface area contributed by atoms with Crippen LogP contribution in [0.25, 0.3) is 0 Å². The van der Waals surface area contributed by atoms with E-state index >= 15 is 0 Å². The maximum Gasteiger partial charge on any atom is 0.255 e. The van der Waals surface area contributed by atoms with Gasteiger partial charge in [-0.3, -0.25) is 4.79 Å². The van der Waals surface area contributed by atoms with Crippen LogP contribution in [0.15, 0.2) is 36.4 Å². The fourth-order valence-electron chi connectivity index (χ4n) is 2.15. The molecule has 0 bridgehead atoms. The molecule has 1 heterocycles. The molecule has 0 atom stereocenters. The number of amides is 1.